The van der Waals surface area contributed by atoms with Crippen LogP contribution in [0.5, 0.6) is 0 Å². The number of hydrogen-bond acceptors (Lipinski definition) is 3. The van der Waals surface area contributed by atoms with Crippen molar-refractivity contribution in [1.82, 2.24) is 5.06 Å². The topological polar surface area (TPSA) is 32.7 Å². The van der Waals surface area contributed by atoms with Crippen LogP contribution < -0.4 is 0 Å². The van der Waals surface area contributed by atoms with E-state index >= 15 is 0 Å². The molecule has 0 aromatic heterocycles. The van der Waals surface area contributed by atoms with Gasteiger partial charge in [0.15, 0.2) is 8.32 Å². The van der Waals surface area contributed by atoms with E-state index in [-0.39, 0.29) is 17.1 Å². The van der Waals surface area contributed by atoms with Gasteiger partial charge in [0.2, 0.25) is 0 Å². The molecule has 4 heteroatoms. The number of benzene rings is 2. The largest absolute Gasteiger partial charge is 0.415 e. The van der Waals surface area contributed by atoms with Crippen LogP contribution in [-0.2, 0) is 4.43 Å². The smallest absolute Gasteiger partial charge is 0.192 e. The normalized spacial score (nSPS) is 15.0. The maximum absolute atomic E-state index is 11.2. The molecule has 0 saturated heterocycles. The molecule has 148 valence electrons. The summed E-state index contributed by atoms with van der Waals surface area (Å²) in [7, 11) is -1.91. The van der Waals surface area contributed by atoms with Crippen LogP contribution in [0, 0.1) is 0 Å². The molecule has 1 N–H and O–H groups in total. The van der Waals surface area contributed by atoms with Gasteiger partial charge in [-0.1, -0.05) is 88.4 Å². The molecule has 2 rings (SSSR count). The lowest BCUT2D eigenvalue weighted by Crippen LogP contribution is -2.43. The van der Waals surface area contributed by atoms with Crippen LogP contribution in [0.4, 0.5) is 0 Å². The Bertz CT molecular complexity index is 683. The molecule has 0 fully saturated rings. The SMILES string of the molecule is CC[C@@H](c1ccccc1)N(O)[C@H](CO[Si](C)(C)C(C)(C)C)c1ccccc1. The maximum Gasteiger partial charge on any atom is 0.192 e. The average molecular weight is 386 g/mol. The van der Waals surface area contributed by atoms with Crippen LogP contribution in [0.15, 0.2) is 60.7 Å². The van der Waals surface area contributed by atoms with Crippen molar-refractivity contribution in [2.75, 3.05) is 6.61 Å². The fraction of sp³-hybridized carbons (Fsp3) is 0.478. The number of rotatable bonds is 8. The van der Waals surface area contributed by atoms with Crippen LogP contribution in [0.1, 0.15) is 57.3 Å². The lowest BCUT2D eigenvalue weighted by molar-refractivity contribution is -0.173. The molecule has 0 radical (unpaired) electrons. The number of hydrogen-bond donors (Lipinski definition) is 1. The summed E-state index contributed by atoms with van der Waals surface area (Å²) in [5, 5.41) is 12.9. The van der Waals surface area contributed by atoms with Crippen molar-refractivity contribution < 1.29 is 9.63 Å². The monoisotopic (exact) mass is 385 g/mol. The van der Waals surface area contributed by atoms with Gasteiger partial charge in [0, 0.05) is 0 Å². The van der Waals surface area contributed by atoms with Crippen molar-refractivity contribution in [1.29, 1.82) is 0 Å². The Kier molecular flexibility index (Phi) is 7.40. The zero-order chi connectivity index (χ0) is 20.1. The van der Waals surface area contributed by atoms with Gasteiger partial charge in [-0.25, -0.2) is 0 Å². The van der Waals surface area contributed by atoms with Gasteiger partial charge in [0.1, 0.15) is 0 Å². The minimum atomic E-state index is -1.91. The van der Waals surface area contributed by atoms with Crippen molar-refractivity contribution in [3.8, 4) is 0 Å². The van der Waals surface area contributed by atoms with Crippen molar-refractivity contribution in [3.63, 3.8) is 0 Å². The van der Waals surface area contributed by atoms with E-state index in [9.17, 15) is 5.21 Å². The molecule has 0 heterocycles. The van der Waals surface area contributed by atoms with Crippen molar-refractivity contribution in [2.24, 2.45) is 0 Å². The second-order valence-corrected chi connectivity index (χ2v) is 13.5. The Labute approximate surface area is 166 Å². The van der Waals surface area contributed by atoms with E-state index in [1.807, 2.05) is 36.4 Å². The van der Waals surface area contributed by atoms with Crippen LogP contribution in [0.2, 0.25) is 18.1 Å². The van der Waals surface area contributed by atoms with E-state index in [0.29, 0.717) is 6.61 Å². The molecule has 0 aliphatic rings. The van der Waals surface area contributed by atoms with E-state index in [1.54, 1.807) is 0 Å². The summed E-state index contributed by atoms with van der Waals surface area (Å²) < 4.78 is 6.50. The first-order valence-electron chi connectivity index (χ1n) is 9.88. The summed E-state index contributed by atoms with van der Waals surface area (Å²) in [5.41, 5.74) is 2.20. The molecule has 0 spiro atoms. The van der Waals surface area contributed by atoms with Crippen molar-refractivity contribution >= 4 is 8.32 Å². The second-order valence-electron chi connectivity index (χ2n) is 8.71. The lowest BCUT2D eigenvalue weighted by atomic mass is 10.0. The quantitative estimate of drug-likeness (QED) is 0.411. The zero-order valence-corrected chi connectivity index (χ0v) is 18.6. The van der Waals surface area contributed by atoms with Crippen molar-refractivity contribution in [3.05, 3.63) is 71.8 Å². The fourth-order valence-electron chi connectivity index (χ4n) is 2.97. The van der Waals surface area contributed by atoms with Gasteiger partial charge in [0.05, 0.1) is 18.7 Å². The zero-order valence-electron chi connectivity index (χ0n) is 17.6. The van der Waals surface area contributed by atoms with Gasteiger partial charge in [-0.2, -0.15) is 5.06 Å². The lowest BCUT2D eigenvalue weighted by Gasteiger charge is -2.39. The van der Waals surface area contributed by atoms with Crippen molar-refractivity contribution in [2.45, 2.75) is 64.3 Å². The molecule has 0 saturated carbocycles. The van der Waals surface area contributed by atoms with Gasteiger partial charge in [-0.3, -0.25) is 0 Å². The fourth-order valence-corrected chi connectivity index (χ4v) is 3.98. The first kappa shape index (κ1) is 21.8. The Morgan fingerprint density at radius 2 is 1.33 bits per heavy atom. The third-order valence-electron chi connectivity index (χ3n) is 5.80. The van der Waals surface area contributed by atoms with Gasteiger partial charge < -0.3 is 9.63 Å². The Morgan fingerprint density at radius 3 is 1.74 bits per heavy atom. The van der Waals surface area contributed by atoms with Crippen LogP contribution >= 0.6 is 0 Å². The minimum Gasteiger partial charge on any atom is -0.415 e. The van der Waals surface area contributed by atoms with E-state index in [0.717, 1.165) is 17.5 Å². The minimum absolute atomic E-state index is 0.0700. The van der Waals surface area contributed by atoms with Gasteiger partial charge >= 0.3 is 0 Å². The van der Waals surface area contributed by atoms with E-state index in [2.05, 4.69) is 65.1 Å². The summed E-state index contributed by atoms with van der Waals surface area (Å²) in [5.74, 6) is 0. The second kappa shape index (κ2) is 9.15. The molecule has 27 heavy (non-hydrogen) atoms. The molecule has 0 aliphatic heterocycles. The Hall–Kier alpha value is -1.46. The molecule has 2 atom stereocenters. The maximum atomic E-state index is 11.2. The predicted molar refractivity (Wildman–Crippen MR) is 115 cm³/mol. The van der Waals surface area contributed by atoms with Gasteiger partial charge in [0.25, 0.3) is 0 Å². The molecular weight excluding hydrogens is 350 g/mol. The Morgan fingerprint density at radius 1 is 0.889 bits per heavy atom. The Balaban J connectivity index is 2.29. The highest BCUT2D eigenvalue weighted by Gasteiger charge is 2.38. The van der Waals surface area contributed by atoms with Crippen LogP contribution in [-0.4, -0.2) is 25.2 Å². The highest BCUT2D eigenvalue weighted by Crippen LogP contribution is 2.38. The molecular formula is C23H35NO2Si. The predicted octanol–water partition coefficient (Wildman–Crippen LogP) is 6.59. The van der Waals surface area contributed by atoms with E-state index in [4.69, 9.17) is 4.43 Å². The average Bonchev–Trinajstić information content (AvgIpc) is 2.63. The highest BCUT2D eigenvalue weighted by molar-refractivity contribution is 6.74. The molecule has 0 aliphatic carbocycles. The first-order chi connectivity index (χ1) is 12.7. The number of hydroxylamine groups is 2. The number of nitrogens with zero attached hydrogens (tertiary/aromatic N) is 1. The standard InChI is InChI=1S/C23H35NO2Si/c1-7-21(19-14-10-8-11-15-19)24(25)22(20-16-12-9-13-17-20)18-26-27(5,6)23(2,3)4/h8-17,21-22,25H,7,18H2,1-6H3/t21-,22+/m0/s1. The highest BCUT2D eigenvalue weighted by atomic mass is 28.4. The summed E-state index contributed by atoms with van der Waals surface area (Å²) in [6.45, 7) is 13.8. The first-order valence-corrected chi connectivity index (χ1v) is 12.8. The molecule has 0 bridgehead atoms. The molecule has 2 aromatic carbocycles. The third kappa shape index (κ3) is 5.52. The summed E-state index contributed by atoms with van der Waals surface area (Å²) in [4.78, 5) is 0. The van der Waals surface area contributed by atoms with Gasteiger partial charge in [-0.15, -0.1) is 0 Å². The van der Waals surface area contributed by atoms with Crippen LogP contribution in [0.3, 0.4) is 0 Å². The van der Waals surface area contributed by atoms with Crippen LogP contribution in [0.25, 0.3) is 0 Å². The molecule has 2 aromatic rings. The molecule has 0 amide bonds. The van der Waals surface area contributed by atoms with Gasteiger partial charge in [-0.05, 0) is 35.7 Å². The summed E-state index contributed by atoms with van der Waals surface area (Å²) in [6.07, 6.45) is 0.823. The van der Waals surface area contributed by atoms with E-state index < -0.39 is 8.32 Å². The summed E-state index contributed by atoms with van der Waals surface area (Å²) >= 11 is 0. The van der Waals surface area contributed by atoms with E-state index in [1.165, 1.54) is 5.06 Å². The molecule has 0 unspecified atom stereocenters. The molecule has 3 nitrogen and oxygen atoms in total. The third-order valence-corrected chi connectivity index (χ3v) is 10.3. The summed E-state index contributed by atoms with van der Waals surface area (Å²) in [6, 6.07) is 20.1.